The van der Waals surface area contributed by atoms with Crippen LogP contribution in [0.3, 0.4) is 0 Å². The first kappa shape index (κ1) is 15.2. The van der Waals surface area contributed by atoms with Gasteiger partial charge in [0.1, 0.15) is 0 Å². The van der Waals surface area contributed by atoms with E-state index in [4.69, 9.17) is 4.42 Å². The van der Waals surface area contributed by atoms with E-state index in [1.54, 1.807) is 4.57 Å². The van der Waals surface area contributed by atoms with Crippen molar-refractivity contribution in [2.24, 2.45) is 7.05 Å². The van der Waals surface area contributed by atoms with Crippen LogP contribution in [0, 0.1) is 0 Å². The fourth-order valence-corrected chi connectivity index (χ4v) is 3.74. The lowest BCUT2D eigenvalue weighted by molar-refractivity contribution is 0.248. The first-order valence-corrected chi connectivity index (χ1v) is 8.53. The highest BCUT2D eigenvalue weighted by molar-refractivity contribution is 5.72. The van der Waals surface area contributed by atoms with Gasteiger partial charge in [0.2, 0.25) is 0 Å². The van der Waals surface area contributed by atoms with E-state index < -0.39 is 0 Å². The molecule has 0 unspecified atom stereocenters. The van der Waals surface area contributed by atoms with Crippen LogP contribution in [0.15, 0.2) is 45.9 Å². The molecule has 6 heteroatoms. The molecule has 126 valence electrons. The summed E-state index contributed by atoms with van der Waals surface area (Å²) in [6.07, 6.45) is 7.41. The van der Waals surface area contributed by atoms with Crippen LogP contribution in [0.4, 0.5) is 0 Å². The van der Waals surface area contributed by atoms with Crippen molar-refractivity contribution in [1.29, 1.82) is 0 Å². The van der Waals surface area contributed by atoms with Gasteiger partial charge in [0.05, 0.1) is 11.7 Å². The van der Waals surface area contributed by atoms with Gasteiger partial charge in [0.25, 0.3) is 0 Å². The van der Waals surface area contributed by atoms with Gasteiger partial charge in [-0.2, -0.15) is 5.10 Å². The van der Waals surface area contributed by atoms with E-state index in [-0.39, 0.29) is 5.76 Å². The molecule has 0 N–H and O–H groups in total. The minimum absolute atomic E-state index is 0.263. The lowest BCUT2D eigenvalue weighted by Gasteiger charge is -2.23. The van der Waals surface area contributed by atoms with Crippen LogP contribution in [0.25, 0.3) is 11.1 Å². The van der Waals surface area contributed by atoms with Crippen LogP contribution in [0.5, 0.6) is 0 Å². The van der Waals surface area contributed by atoms with Gasteiger partial charge < -0.3 is 4.42 Å². The minimum Gasteiger partial charge on any atom is -0.408 e. The number of benzene rings is 1. The van der Waals surface area contributed by atoms with Crippen LogP contribution in [-0.4, -0.2) is 32.3 Å². The van der Waals surface area contributed by atoms with Gasteiger partial charge in [0.15, 0.2) is 5.58 Å². The van der Waals surface area contributed by atoms with E-state index in [1.807, 2.05) is 42.2 Å². The van der Waals surface area contributed by atoms with Crippen molar-refractivity contribution >= 4 is 11.1 Å². The van der Waals surface area contributed by atoms with Crippen LogP contribution in [0.1, 0.15) is 30.9 Å². The molecule has 0 aliphatic carbocycles. The van der Waals surface area contributed by atoms with Crippen molar-refractivity contribution in [2.75, 3.05) is 13.1 Å². The summed E-state index contributed by atoms with van der Waals surface area (Å²) >= 11 is 0. The molecule has 3 aromatic rings. The van der Waals surface area contributed by atoms with E-state index in [0.717, 1.165) is 25.0 Å². The molecule has 0 amide bonds. The van der Waals surface area contributed by atoms with Crippen molar-refractivity contribution in [1.82, 2.24) is 19.2 Å². The Morgan fingerprint density at radius 1 is 1.29 bits per heavy atom. The van der Waals surface area contributed by atoms with Gasteiger partial charge in [-0.3, -0.25) is 14.1 Å². The quantitative estimate of drug-likeness (QED) is 0.723. The summed E-state index contributed by atoms with van der Waals surface area (Å²) in [4.78, 5) is 14.5. The van der Waals surface area contributed by atoms with Gasteiger partial charge in [-0.25, -0.2) is 4.79 Å². The summed E-state index contributed by atoms with van der Waals surface area (Å²) in [5.41, 5.74) is 2.84. The fourth-order valence-electron chi connectivity index (χ4n) is 3.74. The molecule has 1 aromatic carbocycles. The lowest BCUT2D eigenvalue weighted by Crippen LogP contribution is -2.26. The average molecular weight is 326 g/mol. The second-order valence-corrected chi connectivity index (χ2v) is 6.48. The highest BCUT2D eigenvalue weighted by Gasteiger charge is 2.26. The monoisotopic (exact) mass is 326 g/mol. The van der Waals surface area contributed by atoms with Crippen LogP contribution >= 0.6 is 0 Å². The molecule has 24 heavy (non-hydrogen) atoms. The topological polar surface area (TPSA) is 56.2 Å². The zero-order valence-corrected chi connectivity index (χ0v) is 13.9. The Morgan fingerprint density at radius 3 is 3.00 bits per heavy atom. The molecular formula is C18H22N4O2. The van der Waals surface area contributed by atoms with E-state index in [2.05, 4.69) is 16.2 Å². The van der Waals surface area contributed by atoms with Crippen molar-refractivity contribution in [3.8, 4) is 0 Å². The van der Waals surface area contributed by atoms with E-state index in [1.165, 1.54) is 18.4 Å². The summed E-state index contributed by atoms with van der Waals surface area (Å²) in [7, 11) is 1.96. The van der Waals surface area contributed by atoms with E-state index in [0.29, 0.717) is 18.2 Å². The highest BCUT2D eigenvalue weighted by Crippen LogP contribution is 2.31. The molecule has 0 spiro atoms. The van der Waals surface area contributed by atoms with Gasteiger partial charge in [0, 0.05) is 37.9 Å². The van der Waals surface area contributed by atoms with Crippen molar-refractivity contribution in [3.05, 3.63) is 52.8 Å². The number of hydrogen-bond donors (Lipinski definition) is 0. The molecular weight excluding hydrogens is 304 g/mol. The Kier molecular flexibility index (Phi) is 3.98. The number of aromatic nitrogens is 3. The Morgan fingerprint density at radius 2 is 2.17 bits per heavy atom. The largest absolute Gasteiger partial charge is 0.419 e. The SMILES string of the molecule is Cn1cc([C@@H]2CCCN2CCCn2c(=O)oc3ccccc32)cn1. The van der Waals surface area contributed by atoms with Crippen LogP contribution in [-0.2, 0) is 13.6 Å². The van der Waals surface area contributed by atoms with Gasteiger partial charge in [-0.05, 0) is 37.9 Å². The Balaban J connectivity index is 1.43. The summed E-state index contributed by atoms with van der Waals surface area (Å²) in [6.45, 7) is 2.78. The number of nitrogens with zero attached hydrogens (tertiary/aromatic N) is 4. The minimum atomic E-state index is -0.263. The number of rotatable bonds is 5. The molecule has 1 aliphatic heterocycles. The van der Waals surface area contributed by atoms with Gasteiger partial charge in [-0.1, -0.05) is 12.1 Å². The zero-order valence-electron chi connectivity index (χ0n) is 13.9. The molecule has 1 saturated heterocycles. The number of fused-ring (bicyclic) bond motifs is 1. The maximum atomic E-state index is 12.0. The molecule has 1 fully saturated rings. The summed E-state index contributed by atoms with van der Waals surface area (Å²) < 4.78 is 8.90. The van der Waals surface area contributed by atoms with Gasteiger partial charge in [-0.15, -0.1) is 0 Å². The van der Waals surface area contributed by atoms with Gasteiger partial charge >= 0.3 is 5.76 Å². The Bertz CT molecular complexity index is 892. The Hall–Kier alpha value is -2.34. The molecule has 3 heterocycles. The summed E-state index contributed by atoms with van der Waals surface area (Å²) in [5, 5.41) is 4.29. The number of aryl methyl sites for hydroxylation is 2. The molecule has 1 aliphatic rings. The molecule has 0 saturated carbocycles. The van der Waals surface area contributed by atoms with Crippen molar-refractivity contribution in [2.45, 2.75) is 31.8 Å². The number of likely N-dealkylation sites (tertiary alicyclic amines) is 1. The summed E-state index contributed by atoms with van der Waals surface area (Å²) in [6, 6.07) is 8.06. The fraction of sp³-hybridized carbons (Fsp3) is 0.444. The molecule has 0 radical (unpaired) electrons. The van der Waals surface area contributed by atoms with Crippen LogP contribution in [0.2, 0.25) is 0 Å². The zero-order chi connectivity index (χ0) is 16.5. The average Bonchev–Trinajstić information content (AvgIpc) is 3.27. The Labute approximate surface area is 140 Å². The highest BCUT2D eigenvalue weighted by atomic mass is 16.4. The molecule has 2 aromatic heterocycles. The van der Waals surface area contributed by atoms with Crippen molar-refractivity contribution < 1.29 is 4.42 Å². The summed E-state index contributed by atoms with van der Waals surface area (Å²) in [5.74, 6) is -0.263. The third-order valence-corrected chi connectivity index (χ3v) is 4.87. The number of oxazole rings is 1. The maximum Gasteiger partial charge on any atom is 0.419 e. The smallest absolute Gasteiger partial charge is 0.408 e. The molecule has 1 atom stereocenters. The standard InChI is InChI=1S/C18H22N4O2/c1-20-13-14(12-19-20)15-7-4-9-21(15)10-5-11-22-16-6-2-3-8-17(16)24-18(22)23/h2-3,6,8,12-13,15H,4-5,7,9-11H2,1H3/t15-/m0/s1. The first-order chi connectivity index (χ1) is 11.7. The predicted molar refractivity (Wildman–Crippen MR) is 91.8 cm³/mol. The second-order valence-electron chi connectivity index (χ2n) is 6.48. The normalized spacial score (nSPS) is 18.6. The third-order valence-electron chi connectivity index (χ3n) is 4.87. The van der Waals surface area contributed by atoms with E-state index >= 15 is 0 Å². The van der Waals surface area contributed by atoms with E-state index in [9.17, 15) is 4.79 Å². The number of hydrogen-bond acceptors (Lipinski definition) is 4. The van der Waals surface area contributed by atoms with Crippen molar-refractivity contribution in [3.63, 3.8) is 0 Å². The maximum absolute atomic E-state index is 12.0. The predicted octanol–water partition coefficient (Wildman–Crippen LogP) is 2.56. The first-order valence-electron chi connectivity index (χ1n) is 8.53. The third kappa shape index (κ3) is 2.78. The molecule has 6 nitrogen and oxygen atoms in total. The molecule has 0 bridgehead atoms. The second kappa shape index (κ2) is 6.28. The lowest BCUT2D eigenvalue weighted by atomic mass is 10.1. The van der Waals surface area contributed by atoms with Crippen LogP contribution < -0.4 is 5.76 Å². The number of para-hydroxylation sites is 2. The molecule has 4 rings (SSSR count).